The van der Waals surface area contributed by atoms with Crippen LogP contribution in [0, 0.1) is 6.92 Å². The first-order chi connectivity index (χ1) is 5.36. The van der Waals surface area contributed by atoms with Gasteiger partial charge in [-0.3, -0.25) is 0 Å². The summed E-state index contributed by atoms with van der Waals surface area (Å²) in [6.45, 7) is 1.73. The zero-order valence-electron chi connectivity index (χ0n) is 5.68. The van der Waals surface area contributed by atoms with Crippen molar-refractivity contribution in [3.05, 3.63) is 11.3 Å². The molecule has 2 aromatic heterocycles. The molecule has 0 spiro atoms. The van der Waals surface area contributed by atoms with Gasteiger partial charge in [-0.05, 0) is 11.5 Å². The predicted octanol–water partition coefficient (Wildman–Crippen LogP) is 0.897. The molecule has 2 aromatic rings. The molecule has 6 heteroatoms. The zero-order chi connectivity index (χ0) is 7.68. The second-order valence-electron chi connectivity index (χ2n) is 1.93. The Kier molecular flexibility index (Phi) is 1.39. The van der Waals surface area contributed by atoms with E-state index in [2.05, 4.69) is 19.7 Å². The highest BCUT2D eigenvalue weighted by molar-refractivity contribution is 7.03. The van der Waals surface area contributed by atoms with E-state index in [1.54, 1.807) is 12.3 Å². The summed E-state index contributed by atoms with van der Waals surface area (Å²) in [5.41, 5.74) is 0.659. The Balaban J connectivity index is 2.45. The lowest BCUT2D eigenvalue weighted by Gasteiger charge is -1.77. The molecule has 0 fully saturated rings. The standard InChI is InChI=1S/C5H4N4OS/c1-3-6-5(8-10-3)4-2-11-9-7-4/h2H,1H3. The third-order valence-electron chi connectivity index (χ3n) is 1.12. The third-order valence-corrected chi connectivity index (χ3v) is 1.62. The molecule has 0 atom stereocenters. The second kappa shape index (κ2) is 2.39. The fraction of sp³-hybridized carbons (Fsp3) is 0.200. The molecule has 0 N–H and O–H groups in total. The van der Waals surface area contributed by atoms with Crippen LogP contribution in [0.15, 0.2) is 9.90 Å². The highest BCUT2D eigenvalue weighted by atomic mass is 32.1. The van der Waals surface area contributed by atoms with Gasteiger partial charge in [0.15, 0.2) is 0 Å². The molecule has 0 radical (unpaired) electrons. The molecule has 0 saturated heterocycles. The molecule has 5 nitrogen and oxygen atoms in total. The minimum Gasteiger partial charge on any atom is -0.339 e. The van der Waals surface area contributed by atoms with E-state index in [4.69, 9.17) is 4.52 Å². The summed E-state index contributed by atoms with van der Waals surface area (Å²) in [4.78, 5) is 3.98. The predicted molar refractivity (Wildman–Crippen MR) is 37.9 cm³/mol. The van der Waals surface area contributed by atoms with E-state index < -0.39 is 0 Å². The van der Waals surface area contributed by atoms with Crippen LogP contribution >= 0.6 is 11.5 Å². The Hall–Kier alpha value is -1.30. The van der Waals surface area contributed by atoms with Crippen LogP contribution in [0.25, 0.3) is 11.5 Å². The summed E-state index contributed by atoms with van der Waals surface area (Å²) >= 11 is 1.26. The van der Waals surface area contributed by atoms with Gasteiger partial charge in [-0.2, -0.15) is 4.98 Å². The highest BCUT2D eigenvalue weighted by Crippen LogP contribution is 2.12. The average molecular weight is 168 g/mol. The smallest absolute Gasteiger partial charge is 0.223 e. The molecule has 0 aliphatic rings. The van der Waals surface area contributed by atoms with Crippen LogP contribution in [0.5, 0.6) is 0 Å². The van der Waals surface area contributed by atoms with Crippen LogP contribution in [-0.2, 0) is 0 Å². The maximum absolute atomic E-state index is 4.76. The van der Waals surface area contributed by atoms with E-state index in [0.29, 0.717) is 17.4 Å². The zero-order valence-corrected chi connectivity index (χ0v) is 6.50. The number of hydrogen-bond donors (Lipinski definition) is 0. The van der Waals surface area contributed by atoms with Crippen LogP contribution in [0.4, 0.5) is 0 Å². The molecule has 0 aliphatic heterocycles. The third kappa shape index (κ3) is 1.12. The normalized spacial score (nSPS) is 10.3. The molecule has 2 heterocycles. The van der Waals surface area contributed by atoms with Gasteiger partial charge < -0.3 is 4.52 Å². The van der Waals surface area contributed by atoms with Crippen molar-refractivity contribution in [3.8, 4) is 11.5 Å². The van der Waals surface area contributed by atoms with Gasteiger partial charge in [0, 0.05) is 12.3 Å². The maximum atomic E-state index is 4.76. The summed E-state index contributed by atoms with van der Waals surface area (Å²) < 4.78 is 8.44. The van der Waals surface area contributed by atoms with Crippen molar-refractivity contribution < 1.29 is 4.52 Å². The fourth-order valence-electron chi connectivity index (χ4n) is 0.665. The molecule has 56 valence electrons. The highest BCUT2D eigenvalue weighted by Gasteiger charge is 2.06. The van der Waals surface area contributed by atoms with Crippen molar-refractivity contribution in [2.24, 2.45) is 0 Å². The molecule has 0 bridgehead atoms. The summed E-state index contributed by atoms with van der Waals surface area (Å²) in [6, 6.07) is 0. The summed E-state index contributed by atoms with van der Waals surface area (Å²) in [7, 11) is 0. The Morgan fingerprint density at radius 1 is 1.55 bits per heavy atom. The largest absolute Gasteiger partial charge is 0.339 e. The number of aryl methyl sites for hydroxylation is 1. The quantitative estimate of drug-likeness (QED) is 0.632. The Bertz CT molecular complexity index is 341. The maximum Gasteiger partial charge on any atom is 0.223 e. The lowest BCUT2D eigenvalue weighted by Crippen LogP contribution is -1.79. The molecule has 0 amide bonds. The first-order valence-electron chi connectivity index (χ1n) is 2.94. The van der Waals surface area contributed by atoms with Crippen LogP contribution < -0.4 is 0 Å². The van der Waals surface area contributed by atoms with Gasteiger partial charge in [0.1, 0.15) is 5.69 Å². The van der Waals surface area contributed by atoms with E-state index >= 15 is 0 Å². The second-order valence-corrected chi connectivity index (χ2v) is 2.54. The number of rotatable bonds is 1. The molecule has 11 heavy (non-hydrogen) atoms. The van der Waals surface area contributed by atoms with Crippen LogP contribution in [-0.4, -0.2) is 19.7 Å². The van der Waals surface area contributed by atoms with Crippen molar-refractivity contribution in [2.45, 2.75) is 6.92 Å². The lowest BCUT2D eigenvalue weighted by molar-refractivity contribution is 0.394. The van der Waals surface area contributed by atoms with E-state index in [-0.39, 0.29) is 0 Å². The van der Waals surface area contributed by atoms with Gasteiger partial charge in [-0.25, -0.2) is 0 Å². The number of hydrogen-bond acceptors (Lipinski definition) is 6. The minimum absolute atomic E-state index is 0.497. The van der Waals surface area contributed by atoms with Crippen molar-refractivity contribution in [1.82, 2.24) is 19.7 Å². The number of nitrogens with zero attached hydrogens (tertiary/aromatic N) is 4. The molecular weight excluding hydrogens is 164 g/mol. The molecular formula is C5H4N4OS. The summed E-state index contributed by atoms with van der Waals surface area (Å²) in [6.07, 6.45) is 0. The van der Waals surface area contributed by atoms with Crippen molar-refractivity contribution in [2.75, 3.05) is 0 Å². The van der Waals surface area contributed by atoms with E-state index in [1.165, 1.54) is 11.5 Å². The van der Waals surface area contributed by atoms with Crippen LogP contribution in [0.1, 0.15) is 5.89 Å². The van der Waals surface area contributed by atoms with E-state index in [1.807, 2.05) is 0 Å². The van der Waals surface area contributed by atoms with Crippen molar-refractivity contribution in [3.63, 3.8) is 0 Å². The van der Waals surface area contributed by atoms with Gasteiger partial charge >= 0.3 is 0 Å². The van der Waals surface area contributed by atoms with Gasteiger partial charge in [-0.15, -0.1) is 5.10 Å². The topological polar surface area (TPSA) is 64.7 Å². The van der Waals surface area contributed by atoms with Crippen LogP contribution in [0.2, 0.25) is 0 Å². The summed E-state index contributed by atoms with van der Waals surface area (Å²) in [5.74, 6) is 1.03. The molecule has 0 aromatic carbocycles. The van der Waals surface area contributed by atoms with E-state index in [9.17, 15) is 0 Å². The van der Waals surface area contributed by atoms with E-state index in [0.717, 1.165) is 0 Å². The fourth-order valence-corrected chi connectivity index (χ4v) is 1.10. The van der Waals surface area contributed by atoms with Gasteiger partial charge in [-0.1, -0.05) is 9.64 Å². The SMILES string of the molecule is Cc1nc(-c2csnn2)no1. The number of aromatic nitrogens is 4. The Labute approximate surface area is 66.2 Å². The van der Waals surface area contributed by atoms with Gasteiger partial charge in [0.05, 0.1) is 0 Å². The average Bonchev–Trinajstić information content (AvgIpc) is 2.55. The molecule has 2 rings (SSSR count). The minimum atomic E-state index is 0.497. The Morgan fingerprint density at radius 3 is 3.00 bits per heavy atom. The van der Waals surface area contributed by atoms with Crippen molar-refractivity contribution in [1.29, 1.82) is 0 Å². The van der Waals surface area contributed by atoms with Crippen molar-refractivity contribution >= 4 is 11.5 Å². The van der Waals surface area contributed by atoms with Gasteiger partial charge in [0.2, 0.25) is 11.7 Å². The first-order valence-corrected chi connectivity index (χ1v) is 3.77. The molecule has 0 unspecified atom stereocenters. The molecule has 0 aliphatic carbocycles. The monoisotopic (exact) mass is 168 g/mol. The van der Waals surface area contributed by atoms with Crippen LogP contribution in [0.3, 0.4) is 0 Å². The van der Waals surface area contributed by atoms with Gasteiger partial charge in [0.25, 0.3) is 0 Å². The Morgan fingerprint density at radius 2 is 2.45 bits per heavy atom. The first kappa shape index (κ1) is 6.41. The lowest BCUT2D eigenvalue weighted by atomic mass is 10.5. The molecule has 0 saturated carbocycles. The summed E-state index contributed by atoms with van der Waals surface area (Å²) in [5, 5.41) is 9.23.